The van der Waals surface area contributed by atoms with Crippen molar-refractivity contribution in [2.45, 2.75) is 38.1 Å². The van der Waals surface area contributed by atoms with Crippen molar-refractivity contribution in [2.24, 2.45) is 0 Å². The lowest BCUT2D eigenvalue weighted by Crippen LogP contribution is -2.24. The summed E-state index contributed by atoms with van der Waals surface area (Å²) in [4.78, 5) is 4.50. The van der Waals surface area contributed by atoms with Crippen LogP contribution in [0.15, 0.2) is 30.5 Å². The van der Waals surface area contributed by atoms with Gasteiger partial charge in [0, 0.05) is 17.0 Å². The first kappa shape index (κ1) is 17.3. The third-order valence-electron chi connectivity index (χ3n) is 5.11. The van der Waals surface area contributed by atoms with Crippen LogP contribution in [0.5, 0.6) is 0 Å². The summed E-state index contributed by atoms with van der Waals surface area (Å²) in [5.74, 6) is 0. The monoisotopic (exact) mass is 363 g/mol. The summed E-state index contributed by atoms with van der Waals surface area (Å²) in [6, 6.07) is 5.43. The number of aromatic nitrogens is 2. The van der Waals surface area contributed by atoms with Gasteiger partial charge in [-0.25, -0.2) is 4.98 Å². The molecule has 0 radical (unpaired) electrons. The number of halogens is 3. The molecule has 3 aromatic rings. The van der Waals surface area contributed by atoms with Gasteiger partial charge in [0.15, 0.2) is 0 Å². The normalized spacial score (nSPS) is 22.0. The number of nitrogens with one attached hydrogen (secondary N) is 1. The Hall–Kier alpha value is -2.12. The molecule has 1 aliphatic heterocycles. The van der Waals surface area contributed by atoms with Crippen molar-refractivity contribution in [1.29, 1.82) is 0 Å². The van der Waals surface area contributed by atoms with Gasteiger partial charge in [-0.2, -0.15) is 13.2 Å². The minimum Gasteiger partial charge on any atom is -0.391 e. The molecular weight excluding hydrogens is 343 g/mol. The van der Waals surface area contributed by atoms with E-state index in [0.29, 0.717) is 34.8 Å². The molecule has 26 heavy (non-hydrogen) atoms. The third-order valence-corrected chi connectivity index (χ3v) is 5.11. The highest BCUT2D eigenvalue weighted by Crippen LogP contribution is 2.38. The fourth-order valence-electron chi connectivity index (χ4n) is 3.85. The van der Waals surface area contributed by atoms with E-state index in [1.54, 1.807) is 6.20 Å². The van der Waals surface area contributed by atoms with Gasteiger partial charge in [-0.1, -0.05) is 0 Å². The van der Waals surface area contributed by atoms with E-state index in [1.165, 1.54) is 12.1 Å². The summed E-state index contributed by atoms with van der Waals surface area (Å²) in [6.07, 6.45) is -1.97. The molecule has 1 saturated heterocycles. The molecule has 1 aliphatic rings. The van der Waals surface area contributed by atoms with Crippen molar-refractivity contribution < 1.29 is 18.3 Å². The molecule has 2 atom stereocenters. The first-order chi connectivity index (χ1) is 12.4. The van der Waals surface area contributed by atoms with Crippen LogP contribution in [0.25, 0.3) is 21.9 Å². The van der Waals surface area contributed by atoms with Gasteiger partial charge in [0.05, 0.1) is 23.2 Å². The lowest BCUT2D eigenvalue weighted by Gasteiger charge is -2.23. The number of fused-ring (bicyclic) bond motifs is 3. The van der Waals surface area contributed by atoms with Crippen molar-refractivity contribution in [3.05, 3.63) is 41.6 Å². The Morgan fingerprint density at radius 3 is 2.69 bits per heavy atom. The first-order valence-electron chi connectivity index (χ1n) is 8.72. The van der Waals surface area contributed by atoms with E-state index in [0.717, 1.165) is 24.7 Å². The highest BCUT2D eigenvalue weighted by atomic mass is 19.4. The molecule has 0 saturated carbocycles. The fourth-order valence-corrected chi connectivity index (χ4v) is 3.85. The van der Waals surface area contributed by atoms with Crippen LogP contribution in [-0.2, 0) is 6.18 Å². The zero-order valence-electron chi connectivity index (χ0n) is 14.3. The van der Waals surface area contributed by atoms with Crippen molar-refractivity contribution in [3.63, 3.8) is 0 Å². The highest BCUT2D eigenvalue weighted by molar-refractivity contribution is 6.07. The van der Waals surface area contributed by atoms with Gasteiger partial charge < -0.3 is 15.0 Å². The van der Waals surface area contributed by atoms with Gasteiger partial charge in [-0.15, -0.1) is 0 Å². The van der Waals surface area contributed by atoms with E-state index >= 15 is 0 Å². The Morgan fingerprint density at radius 2 is 1.92 bits per heavy atom. The molecule has 2 aromatic heterocycles. The van der Waals surface area contributed by atoms with E-state index in [4.69, 9.17) is 0 Å². The summed E-state index contributed by atoms with van der Waals surface area (Å²) in [5.41, 5.74) is 1.51. The molecule has 0 spiro atoms. The zero-order valence-corrected chi connectivity index (χ0v) is 14.3. The van der Waals surface area contributed by atoms with Crippen LogP contribution in [0.2, 0.25) is 0 Å². The van der Waals surface area contributed by atoms with Gasteiger partial charge >= 0.3 is 6.18 Å². The van der Waals surface area contributed by atoms with Crippen LogP contribution in [-0.4, -0.2) is 33.9 Å². The molecule has 1 aromatic carbocycles. The van der Waals surface area contributed by atoms with E-state index in [1.807, 2.05) is 17.6 Å². The lowest BCUT2D eigenvalue weighted by atomic mass is 10.1. The maximum atomic E-state index is 13.2. The maximum Gasteiger partial charge on any atom is 0.416 e. The number of nitrogens with zero attached hydrogens (tertiary/aromatic N) is 2. The standard InChI is InChI=1S/C19H20F3N3O/c1-11-8-14-13-9-12(19(20,21)22)2-3-15(13)25(18(14)24-10-11)16-4-6-23-7-5-17(16)26/h2-3,8-10,16-17,23,26H,4-7H2,1H3/t16-,17-/m1/s1. The van der Waals surface area contributed by atoms with Crippen molar-refractivity contribution in [1.82, 2.24) is 14.9 Å². The molecule has 0 aliphatic carbocycles. The van der Waals surface area contributed by atoms with E-state index < -0.39 is 17.8 Å². The predicted octanol–water partition coefficient (Wildman–Crippen LogP) is 3.80. The average molecular weight is 363 g/mol. The Kier molecular flexibility index (Phi) is 4.16. The molecule has 2 N–H and O–H groups in total. The second-order valence-corrected chi connectivity index (χ2v) is 6.95. The largest absolute Gasteiger partial charge is 0.416 e. The Balaban J connectivity index is 2.01. The molecule has 0 unspecified atom stereocenters. The Morgan fingerprint density at radius 1 is 1.15 bits per heavy atom. The molecule has 4 rings (SSSR count). The number of pyridine rings is 1. The lowest BCUT2D eigenvalue weighted by molar-refractivity contribution is -0.137. The quantitative estimate of drug-likeness (QED) is 0.691. The number of benzene rings is 1. The van der Waals surface area contributed by atoms with E-state index in [2.05, 4.69) is 10.3 Å². The summed E-state index contributed by atoms with van der Waals surface area (Å²) in [5, 5.41) is 15.1. The van der Waals surface area contributed by atoms with Crippen LogP contribution < -0.4 is 5.32 Å². The van der Waals surface area contributed by atoms with Crippen molar-refractivity contribution in [2.75, 3.05) is 13.1 Å². The zero-order chi connectivity index (χ0) is 18.5. The number of hydrogen-bond donors (Lipinski definition) is 2. The number of rotatable bonds is 1. The smallest absolute Gasteiger partial charge is 0.391 e. The molecule has 0 bridgehead atoms. The average Bonchev–Trinajstić information content (AvgIpc) is 2.74. The molecule has 4 nitrogen and oxygen atoms in total. The van der Waals surface area contributed by atoms with Crippen LogP contribution >= 0.6 is 0 Å². The molecular formula is C19H20F3N3O. The number of aliphatic hydroxyl groups excluding tert-OH is 1. The van der Waals surface area contributed by atoms with Crippen molar-refractivity contribution in [3.8, 4) is 0 Å². The number of aryl methyl sites for hydroxylation is 1. The van der Waals surface area contributed by atoms with Crippen LogP contribution in [0.3, 0.4) is 0 Å². The van der Waals surface area contributed by atoms with Gasteiger partial charge in [-0.3, -0.25) is 0 Å². The number of alkyl halides is 3. The Labute approximate surface area is 148 Å². The van der Waals surface area contributed by atoms with E-state index in [9.17, 15) is 18.3 Å². The van der Waals surface area contributed by atoms with Crippen LogP contribution in [0.4, 0.5) is 13.2 Å². The summed E-state index contributed by atoms with van der Waals surface area (Å²) >= 11 is 0. The van der Waals surface area contributed by atoms with Crippen molar-refractivity contribution >= 4 is 21.9 Å². The second-order valence-electron chi connectivity index (χ2n) is 6.95. The van der Waals surface area contributed by atoms with Crippen LogP contribution in [0.1, 0.15) is 30.0 Å². The molecule has 0 amide bonds. The maximum absolute atomic E-state index is 13.2. The van der Waals surface area contributed by atoms with E-state index in [-0.39, 0.29) is 6.04 Å². The minimum atomic E-state index is -4.40. The van der Waals surface area contributed by atoms with Gasteiger partial charge in [-0.05, 0) is 62.7 Å². The second kappa shape index (κ2) is 6.25. The minimum absolute atomic E-state index is 0.225. The van der Waals surface area contributed by atoms with Gasteiger partial charge in [0.25, 0.3) is 0 Å². The summed E-state index contributed by atoms with van der Waals surface area (Å²) in [6.45, 7) is 3.34. The topological polar surface area (TPSA) is 50.1 Å². The van der Waals surface area contributed by atoms with Gasteiger partial charge in [0.1, 0.15) is 5.65 Å². The predicted molar refractivity (Wildman–Crippen MR) is 94.1 cm³/mol. The Bertz CT molecular complexity index is 964. The number of aliphatic hydroxyl groups is 1. The SMILES string of the molecule is Cc1cnc2c(c1)c1cc(C(F)(F)F)ccc1n2[C@@H]1CCNCC[C@H]1O. The molecule has 138 valence electrons. The molecule has 3 heterocycles. The number of hydrogen-bond acceptors (Lipinski definition) is 3. The summed E-state index contributed by atoms with van der Waals surface area (Å²) in [7, 11) is 0. The molecule has 7 heteroatoms. The first-order valence-corrected chi connectivity index (χ1v) is 8.72. The third kappa shape index (κ3) is 2.85. The summed E-state index contributed by atoms with van der Waals surface area (Å²) < 4.78 is 41.5. The fraction of sp³-hybridized carbons (Fsp3) is 0.421. The molecule has 1 fully saturated rings. The van der Waals surface area contributed by atoms with Crippen LogP contribution in [0, 0.1) is 6.92 Å². The highest BCUT2D eigenvalue weighted by Gasteiger charge is 2.32. The van der Waals surface area contributed by atoms with Gasteiger partial charge in [0.2, 0.25) is 0 Å².